The van der Waals surface area contributed by atoms with Gasteiger partial charge in [0, 0.05) is 34.8 Å². The van der Waals surface area contributed by atoms with Gasteiger partial charge in [-0.3, -0.25) is 24.0 Å². The number of halogens is 2. The van der Waals surface area contributed by atoms with Gasteiger partial charge in [0.05, 0.1) is 22.6 Å². The molecule has 0 heterocycles. The molecule has 0 aromatic heterocycles. The van der Waals surface area contributed by atoms with Crippen LogP contribution in [-0.2, 0) is 26.2 Å². The van der Waals surface area contributed by atoms with E-state index in [9.17, 15) is 28.1 Å². The zero-order chi connectivity index (χ0) is 32.6. The molecule has 0 spiro atoms. The number of amides is 2. The Hall–Kier alpha value is -3.87. The van der Waals surface area contributed by atoms with Crippen molar-refractivity contribution in [1.29, 1.82) is 0 Å². The van der Waals surface area contributed by atoms with Gasteiger partial charge < -0.3 is 15.0 Å². The number of sulfonamides is 1. The normalized spacial score (nSPS) is 11.9. The van der Waals surface area contributed by atoms with Crippen LogP contribution in [0.15, 0.2) is 65.6 Å². The molecule has 0 radical (unpaired) electrons. The number of nitro benzene ring substituents is 1. The fourth-order valence-electron chi connectivity index (χ4n) is 4.35. The van der Waals surface area contributed by atoms with Crippen LogP contribution in [0.25, 0.3) is 0 Å². The van der Waals surface area contributed by atoms with Crippen molar-refractivity contribution < 1.29 is 27.7 Å². The Morgan fingerprint density at radius 3 is 2.32 bits per heavy atom. The second-order valence-corrected chi connectivity index (χ2v) is 12.7. The van der Waals surface area contributed by atoms with Gasteiger partial charge in [-0.15, -0.1) is 0 Å². The number of methoxy groups -OCH3 is 1. The molecule has 0 aliphatic rings. The summed E-state index contributed by atoms with van der Waals surface area (Å²) in [6.45, 7) is 4.62. The van der Waals surface area contributed by atoms with Crippen LogP contribution in [0.3, 0.4) is 0 Å². The Morgan fingerprint density at radius 2 is 1.70 bits per heavy atom. The Morgan fingerprint density at radius 1 is 1.05 bits per heavy atom. The van der Waals surface area contributed by atoms with Gasteiger partial charge in [-0.1, -0.05) is 54.7 Å². The lowest BCUT2D eigenvalue weighted by molar-refractivity contribution is -0.385. The fourth-order valence-corrected chi connectivity index (χ4v) is 6.08. The lowest BCUT2D eigenvalue weighted by atomic mass is 10.1. The van der Waals surface area contributed by atoms with Crippen molar-refractivity contribution in [1.82, 2.24) is 10.2 Å². The molecule has 0 saturated carbocycles. The molecular formula is C30H34Cl2N4O7S. The maximum Gasteiger partial charge on any atom is 0.273 e. The van der Waals surface area contributed by atoms with Crippen LogP contribution in [0, 0.1) is 17.0 Å². The number of hydrogen-bond acceptors (Lipinski definition) is 7. The van der Waals surface area contributed by atoms with Crippen molar-refractivity contribution in [3.05, 3.63) is 92.0 Å². The number of aryl methyl sites for hydroxylation is 1. The van der Waals surface area contributed by atoms with Gasteiger partial charge in [0.15, 0.2) is 0 Å². The van der Waals surface area contributed by atoms with Gasteiger partial charge in [-0.05, 0) is 62.2 Å². The number of unbranched alkanes of at least 4 members (excludes halogenated alkanes) is 1. The number of ether oxygens (including phenoxy) is 1. The first-order valence-electron chi connectivity index (χ1n) is 13.7. The first-order chi connectivity index (χ1) is 20.8. The number of rotatable bonds is 14. The molecule has 0 bridgehead atoms. The minimum Gasteiger partial charge on any atom is -0.495 e. The highest BCUT2D eigenvalue weighted by Crippen LogP contribution is 2.36. The summed E-state index contributed by atoms with van der Waals surface area (Å²) in [6, 6.07) is 13.4. The molecule has 3 rings (SSSR count). The molecule has 3 aromatic carbocycles. The molecule has 0 unspecified atom stereocenters. The lowest BCUT2D eigenvalue weighted by Gasteiger charge is -2.32. The molecule has 1 atom stereocenters. The summed E-state index contributed by atoms with van der Waals surface area (Å²) < 4.78 is 34.5. The molecule has 236 valence electrons. The van der Waals surface area contributed by atoms with Crippen molar-refractivity contribution >= 4 is 56.4 Å². The maximum atomic E-state index is 14.2. The average Bonchev–Trinajstić information content (AvgIpc) is 2.99. The van der Waals surface area contributed by atoms with E-state index in [0.29, 0.717) is 17.1 Å². The molecule has 2 amide bonds. The van der Waals surface area contributed by atoms with Crippen molar-refractivity contribution in [2.75, 3.05) is 24.5 Å². The number of nitro groups is 1. The lowest BCUT2D eigenvalue weighted by Crippen LogP contribution is -2.51. The highest BCUT2D eigenvalue weighted by molar-refractivity contribution is 7.92. The highest BCUT2D eigenvalue weighted by atomic mass is 35.5. The van der Waals surface area contributed by atoms with Gasteiger partial charge in [-0.2, -0.15) is 0 Å². The second-order valence-electron chi connectivity index (χ2n) is 10.0. The van der Waals surface area contributed by atoms with E-state index < -0.39 is 49.9 Å². The molecule has 0 aliphatic heterocycles. The predicted molar refractivity (Wildman–Crippen MR) is 170 cm³/mol. The molecule has 0 aliphatic carbocycles. The zero-order valence-electron chi connectivity index (χ0n) is 24.7. The van der Waals surface area contributed by atoms with Gasteiger partial charge in [-0.25, -0.2) is 8.42 Å². The van der Waals surface area contributed by atoms with Crippen LogP contribution in [0.2, 0.25) is 10.0 Å². The summed E-state index contributed by atoms with van der Waals surface area (Å²) in [5.41, 5.74) is 0.439. The number of nitrogens with zero attached hydrogens (tertiary/aromatic N) is 3. The minimum absolute atomic E-state index is 0.0328. The third-order valence-corrected chi connectivity index (χ3v) is 9.16. The second kappa shape index (κ2) is 15.2. The van der Waals surface area contributed by atoms with Crippen LogP contribution in [0.1, 0.15) is 37.8 Å². The monoisotopic (exact) mass is 664 g/mol. The third kappa shape index (κ3) is 8.40. The summed E-state index contributed by atoms with van der Waals surface area (Å²) in [4.78, 5) is 39.0. The predicted octanol–water partition coefficient (Wildman–Crippen LogP) is 5.75. The Labute approximate surface area is 266 Å². The summed E-state index contributed by atoms with van der Waals surface area (Å²) in [6.07, 6.45) is 1.60. The quantitative estimate of drug-likeness (QED) is 0.132. The number of carbonyl (C=O) groups is 2. The Balaban J connectivity index is 2.13. The van der Waals surface area contributed by atoms with Crippen LogP contribution in [0.4, 0.5) is 11.4 Å². The van der Waals surface area contributed by atoms with E-state index in [1.54, 1.807) is 31.2 Å². The van der Waals surface area contributed by atoms with E-state index in [2.05, 4.69) is 5.32 Å². The summed E-state index contributed by atoms with van der Waals surface area (Å²) >= 11 is 12.3. The smallest absolute Gasteiger partial charge is 0.273 e. The SMILES string of the molecule is CCCCNC(=O)[C@@H](C)N(Cc1ccc(Cl)cc1)C(=O)CN(c1cc(Cl)ccc1OC)S(=O)(=O)c1ccc(C)c([N+](=O)[O-])c1. The fraction of sp³-hybridized carbons (Fsp3) is 0.333. The number of benzene rings is 3. The van der Waals surface area contributed by atoms with E-state index >= 15 is 0 Å². The molecule has 11 nitrogen and oxygen atoms in total. The summed E-state index contributed by atoms with van der Waals surface area (Å²) in [5.74, 6) is -1.04. The molecule has 1 N–H and O–H groups in total. The third-order valence-electron chi connectivity index (χ3n) is 6.92. The summed E-state index contributed by atoms with van der Waals surface area (Å²) in [5, 5.41) is 15.1. The first-order valence-corrected chi connectivity index (χ1v) is 15.9. The summed E-state index contributed by atoms with van der Waals surface area (Å²) in [7, 11) is -3.30. The van der Waals surface area contributed by atoms with E-state index in [1.165, 1.54) is 49.3 Å². The number of nitrogens with one attached hydrogen (secondary N) is 1. The van der Waals surface area contributed by atoms with Crippen LogP contribution in [-0.4, -0.2) is 56.3 Å². The van der Waals surface area contributed by atoms with E-state index in [0.717, 1.165) is 23.2 Å². The molecule has 0 saturated heterocycles. The van der Waals surface area contributed by atoms with Crippen LogP contribution < -0.4 is 14.4 Å². The van der Waals surface area contributed by atoms with Crippen molar-refractivity contribution in [2.24, 2.45) is 0 Å². The van der Waals surface area contributed by atoms with E-state index in [-0.39, 0.29) is 28.6 Å². The number of anilines is 1. The van der Waals surface area contributed by atoms with Crippen LogP contribution in [0.5, 0.6) is 5.75 Å². The first kappa shape index (κ1) is 34.6. The molecule has 14 heteroatoms. The van der Waals surface area contributed by atoms with Gasteiger partial charge in [0.1, 0.15) is 18.3 Å². The average molecular weight is 666 g/mol. The number of carbonyl (C=O) groups excluding carboxylic acids is 2. The standard InChI is InChI=1S/C30H34Cl2N4O7S/c1-5-6-15-33-30(38)21(3)34(18-22-8-10-23(31)11-9-22)29(37)19-35(27-16-24(32)12-14-28(27)43-4)44(41,42)25-13-7-20(2)26(17-25)36(39)40/h7-14,16-17,21H,5-6,15,18-19H2,1-4H3,(H,33,38)/t21-/m1/s1. The van der Waals surface area contributed by atoms with Crippen molar-refractivity contribution in [3.63, 3.8) is 0 Å². The molecule has 44 heavy (non-hydrogen) atoms. The molecular weight excluding hydrogens is 631 g/mol. The Kier molecular flexibility index (Phi) is 12.0. The van der Waals surface area contributed by atoms with Crippen molar-refractivity contribution in [2.45, 2.75) is 51.1 Å². The van der Waals surface area contributed by atoms with Gasteiger partial charge >= 0.3 is 0 Å². The molecule has 0 fully saturated rings. The van der Waals surface area contributed by atoms with Gasteiger partial charge in [0.2, 0.25) is 11.8 Å². The van der Waals surface area contributed by atoms with Crippen LogP contribution >= 0.6 is 23.2 Å². The molecule has 3 aromatic rings. The highest BCUT2D eigenvalue weighted by Gasteiger charge is 2.35. The van der Waals surface area contributed by atoms with Crippen molar-refractivity contribution in [3.8, 4) is 5.75 Å². The largest absolute Gasteiger partial charge is 0.495 e. The number of hydrogen-bond donors (Lipinski definition) is 1. The Bertz CT molecular complexity index is 1620. The van der Waals surface area contributed by atoms with E-state index in [4.69, 9.17) is 27.9 Å². The maximum absolute atomic E-state index is 14.2. The topological polar surface area (TPSA) is 139 Å². The minimum atomic E-state index is -4.62. The van der Waals surface area contributed by atoms with E-state index in [1.807, 2.05) is 6.92 Å². The zero-order valence-corrected chi connectivity index (χ0v) is 27.1. The van der Waals surface area contributed by atoms with Gasteiger partial charge in [0.25, 0.3) is 15.7 Å².